The Hall–Kier alpha value is -1.75. The predicted octanol–water partition coefficient (Wildman–Crippen LogP) is 1.35. The molecule has 0 saturated carbocycles. The summed E-state index contributed by atoms with van der Waals surface area (Å²) in [4.78, 5) is 26.2. The van der Waals surface area contributed by atoms with Crippen LogP contribution in [0.5, 0.6) is 0 Å². The summed E-state index contributed by atoms with van der Waals surface area (Å²) >= 11 is 1.35. The molecule has 16 heavy (non-hydrogen) atoms. The molecule has 0 saturated heterocycles. The second-order valence-corrected chi connectivity index (χ2v) is 4.09. The van der Waals surface area contributed by atoms with Gasteiger partial charge in [0, 0.05) is 15.8 Å². The van der Waals surface area contributed by atoms with Gasteiger partial charge in [0.2, 0.25) is 0 Å². The Morgan fingerprint density at radius 1 is 1.38 bits per heavy atom. The van der Waals surface area contributed by atoms with Gasteiger partial charge in [-0.15, -0.1) is 11.8 Å². The van der Waals surface area contributed by atoms with Gasteiger partial charge in [0.15, 0.2) is 0 Å². The Morgan fingerprint density at radius 2 is 2.06 bits per heavy atom. The second kappa shape index (κ2) is 4.02. The Labute approximate surface area is 95.8 Å². The topological polar surface area (TPSA) is 76.0 Å². The van der Waals surface area contributed by atoms with Crippen LogP contribution in [0.2, 0.25) is 0 Å². The maximum atomic E-state index is 11.7. The summed E-state index contributed by atoms with van der Waals surface area (Å²) in [5.41, 5.74) is 5.52. The molecule has 0 unspecified atom stereocenters. The standard InChI is InChI=1S/C11H10N2O2S/c1-16-9-6-4-2-3-5-7(6)13-11(15)8(9)10(12)14/h2-5H,1H3,(H2,12,14)(H,13,15). The molecule has 2 rings (SSSR count). The average Bonchev–Trinajstić information content (AvgIpc) is 2.26. The summed E-state index contributed by atoms with van der Waals surface area (Å²) in [6.07, 6.45) is 1.81. The van der Waals surface area contributed by atoms with Gasteiger partial charge in [0.1, 0.15) is 5.56 Å². The summed E-state index contributed by atoms with van der Waals surface area (Å²) in [5.74, 6) is -0.698. The van der Waals surface area contributed by atoms with Gasteiger partial charge in [-0.05, 0) is 12.3 Å². The lowest BCUT2D eigenvalue weighted by Gasteiger charge is -2.07. The fourth-order valence-corrected chi connectivity index (χ4v) is 2.44. The molecule has 0 fully saturated rings. The van der Waals surface area contributed by atoms with Crippen molar-refractivity contribution in [2.75, 3.05) is 6.26 Å². The molecule has 0 bridgehead atoms. The fraction of sp³-hybridized carbons (Fsp3) is 0.0909. The van der Waals surface area contributed by atoms with E-state index in [-0.39, 0.29) is 5.56 Å². The normalized spacial score (nSPS) is 10.6. The third-order valence-electron chi connectivity index (χ3n) is 2.32. The Morgan fingerprint density at radius 3 is 2.69 bits per heavy atom. The highest BCUT2D eigenvalue weighted by molar-refractivity contribution is 7.99. The molecule has 82 valence electrons. The maximum Gasteiger partial charge on any atom is 0.262 e. The molecule has 0 spiro atoms. The van der Waals surface area contributed by atoms with Crippen LogP contribution in [0.15, 0.2) is 34.0 Å². The number of H-pyrrole nitrogens is 1. The summed E-state index contributed by atoms with van der Waals surface area (Å²) in [7, 11) is 0. The third-order valence-corrected chi connectivity index (χ3v) is 3.16. The van der Waals surface area contributed by atoms with Crippen LogP contribution in [-0.4, -0.2) is 17.1 Å². The summed E-state index contributed by atoms with van der Waals surface area (Å²) in [5, 5.41) is 0.836. The van der Waals surface area contributed by atoms with E-state index >= 15 is 0 Å². The molecular weight excluding hydrogens is 224 g/mol. The van der Waals surface area contributed by atoms with E-state index in [0.717, 1.165) is 5.39 Å². The number of hydrogen-bond donors (Lipinski definition) is 2. The molecule has 0 aliphatic rings. The number of nitrogens with one attached hydrogen (secondary N) is 1. The van der Waals surface area contributed by atoms with Gasteiger partial charge in [0.25, 0.3) is 11.5 Å². The first-order valence-corrected chi connectivity index (χ1v) is 5.86. The number of fused-ring (bicyclic) bond motifs is 1. The Bertz CT molecular complexity index is 619. The van der Waals surface area contributed by atoms with E-state index in [2.05, 4.69) is 4.98 Å². The molecule has 0 atom stereocenters. The van der Waals surface area contributed by atoms with Crippen LogP contribution < -0.4 is 11.3 Å². The maximum absolute atomic E-state index is 11.7. The lowest BCUT2D eigenvalue weighted by molar-refractivity contribution is 0.0996. The Kier molecular flexibility index (Phi) is 2.70. The first-order valence-electron chi connectivity index (χ1n) is 4.64. The SMILES string of the molecule is CSc1c(C(N)=O)c(=O)[nH]c2ccccc12. The van der Waals surface area contributed by atoms with E-state index in [0.29, 0.717) is 10.4 Å². The second-order valence-electron chi connectivity index (χ2n) is 3.27. The largest absolute Gasteiger partial charge is 0.365 e. The number of primary amides is 1. The van der Waals surface area contributed by atoms with Crippen LogP contribution in [0, 0.1) is 0 Å². The number of para-hydroxylation sites is 1. The van der Waals surface area contributed by atoms with E-state index in [1.54, 1.807) is 6.07 Å². The van der Waals surface area contributed by atoms with Crippen molar-refractivity contribution >= 4 is 28.6 Å². The van der Waals surface area contributed by atoms with Crippen LogP contribution in [0.3, 0.4) is 0 Å². The molecule has 0 radical (unpaired) electrons. The lowest BCUT2D eigenvalue weighted by Crippen LogP contribution is -2.24. The molecule has 0 aliphatic heterocycles. The number of thioether (sulfide) groups is 1. The molecule has 1 aromatic carbocycles. The van der Waals surface area contributed by atoms with E-state index in [1.165, 1.54) is 11.8 Å². The van der Waals surface area contributed by atoms with E-state index in [4.69, 9.17) is 5.73 Å². The number of hydrogen-bond acceptors (Lipinski definition) is 3. The van der Waals surface area contributed by atoms with Crippen molar-refractivity contribution in [2.45, 2.75) is 4.90 Å². The minimum Gasteiger partial charge on any atom is -0.365 e. The highest BCUT2D eigenvalue weighted by Gasteiger charge is 2.15. The number of nitrogens with two attached hydrogens (primary N) is 1. The molecule has 1 amide bonds. The molecule has 0 aliphatic carbocycles. The zero-order valence-electron chi connectivity index (χ0n) is 8.61. The highest BCUT2D eigenvalue weighted by Crippen LogP contribution is 2.26. The molecule has 1 heterocycles. The van der Waals surface area contributed by atoms with Gasteiger partial charge >= 0.3 is 0 Å². The number of amides is 1. The van der Waals surface area contributed by atoms with E-state index < -0.39 is 11.5 Å². The van der Waals surface area contributed by atoms with Crippen LogP contribution in [0.4, 0.5) is 0 Å². The molecule has 5 heteroatoms. The number of benzene rings is 1. The van der Waals surface area contributed by atoms with Crippen molar-refractivity contribution in [2.24, 2.45) is 5.73 Å². The van der Waals surface area contributed by atoms with E-state index in [1.807, 2.05) is 24.5 Å². The minimum absolute atomic E-state index is 0.0335. The van der Waals surface area contributed by atoms with Crippen molar-refractivity contribution in [3.8, 4) is 0 Å². The summed E-state index contributed by atoms with van der Waals surface area (Å²) in [6.45, 7) is 0. The first kappa shape index (κ1) is 10.8. The van der Waals surface area contributed by atoms with Gasteiger partial charge in [-0.1, -0.05) is 18.2 Å². The number of pyridine rings is 1. The predicted molar refractivity (Wildman–Crippen MR) is 64.9 cm³/mol. The third kappa shape index (κ3) is 1.59. The monoisotopic (exact) mass is 234 g/mol. The molecule has 1 aromatic heterocycles. The van der Waals surface area contributed by atoms with E-state index in [9.17, 15) is 9.59 Å². The zero-order chi connectivity index (χ0) is 11.7. The van der Waals surface area contributed by atoms with Crippen LogP contribution in [0.1, 0.15) is 10.4 Å². The minimum atomic E-state index is -0.698. The average molecular weight is 234 g/mol. The summed E-state index contributed by atoms with van der Waals surface area (Å²) < 4.78 is 0. The quantitative estimate of drug-likeness (QED) is 0.770. The van der Waals surface area contributed by atoms with Crippen LogP contribution in [0.25, 0.3) is 10.9 Å². The molecule has 2 aromatic rings. The first-order chi connectivity index (χ1) is 7.65. The Balaban J connectivity index is 2.96. The van der Waals surface area contributed by atoms with Gasteiger partial charge < -0.3 is 10.7 Å². The van der Waals surface area contributed by atoms with Crippen molar-refractivity contribution < 1.29 is 4.79 Å². The molecular formula is C11H10N2O2S. The summed E-state index contributed by atoms with van der Waals surface area (Å²) in [6, 6.07) is 7.32. The van der Waals surface area contributed by atoms with Gasteiger partial charge in [0.05, 0.1) is 0 Å². The zero-order valence-corrected chi connectivity index (χ0v) is 9.43. The molecule has 4 nitrogen and oxygen atoms in total. The highest BCUT2D eigenvalue weighted by atomic mass is 32.2. The van der Waals surface area contributed by atoms with Crippen LogP contribution in [-0.2, 0) is 0 Å². The van der Waals surface area contributed by atoms with Gasteiger partial charge in [-0.3, -0.25) is 9.59 Å². The smallest absolute Gasteiger partial charge is 0.262 e. The number of carbonyl (C=O) groups is 1. The number of aromatic amines is 1. The van der Waals surface area contributed by atoms with Gasteiger partial charge in [-0.25, -0.2) is 0 Å². The lowest BCUT2D eigenvalue weighted by atomic mass is 10.1. The van der Waals surface area contributed by atoms with Gasteiger partial charge in [-0.2, -0.15) is 0 Å². The number of aromatic nitrogens is 1. The molecule has 3 N–H and O–H groups in total. The number of carbonyl (C=O) groups excluding carboxylic acids is 1. The van der Waals surface area contributed by atoms with Crippen molar-refractivity contribution in [3.63, 3.8) is 0 Å². The van der Waals surface area contributed by atoms with Crippen LogP contribution >= 0.6 is 11.8 Å². The van der Waals surface area contributed by atoms with Crippen molar-refractivity contribution in [1.82, 2.24) is 4.98 Å². The van der Waals surface area contributed by atoms with Crippen molar-refractivity contribution in [1.29, 1.82) is 0 Å². The fourth-order valence-electron chi connectivity index (χ4n) is 1.65. The number of rotatable bonds is 2. The van der Waals surface area contributed by atoms with Crippen molar-refractivity contribution in [3.05, 3.63) is 40.2 Å².